The average molecular weight is 519 g/mol. The number of piperidine rings is 2. The van der Waals surface area contributed by atoms with Gasteiger partial charge in [0.15, 0.2) is 5.76 Å². The molecule has 4 heterocycles. The van der Waals surface area contributed by atoms with E-state index in [0.717, 1.165) is 60.6 Å². The van der Waals surface area contributed by atoms with Crippen LogP contribution in [0.3, 0.4) is 0 Å². The minimum absolute atomic E-state index is 0.0891. The summed E-state index contributed by atoms with van der Waals surface area (Å²) >= 11 is 0. The van der Waals surface area contributed by atoms with Crippen LogP contribution in [0.5, 0.6) is 0 Å². The maximum atomic E-state index is 13.4. The van der Waals surface area contributed by atoms with Gasteiger partial charge >= 0.3 is 0 Å². The monoisotopic (exact) mass is 518 g/mol. The van der Waals surface area contributed by atoms with Gasteiger partial charge in [0, 0.05) is 55.3 Å². The summed E-state index contributed by atoms with van der Waals surface area (Å²) < 4.78 is 11.7. The summed E-state index contributed by atoms with van der Waals surface area (Å²) in [6.45, 7) is 3.25. The molecule has 1 amide bonds. The topological polar surface area (TPSA) is 67.8 Å². The van der Waals surface area contributed by atoms with Crippen molar-refractivity contribution in [2.45, 2.75) is 19.1 Å². The van der Waals surface area contributed by atoms with Gasteiger partial charge in [-0.3, -0.25) is 4.79 Å². The number of amides is 1. The molecule has 3 aromatic carbocycles. The fraction of sp³-hybridized carbons (Fsp3) is 0.281. The Labute approximate surface area is 227 Å². The predicted octanol–water partition coefficient (Wildman–Crippen LogP) is 5.14. The Balaban J connectivity index is 0.975. The van der Waals surface area contributed by atoms with Crippen LogP contribution in [0, 0.1) is 11.8 Å². The van der Waals surface area contributed by atoms with Gasteiger partial charge in [0.05, 0.1) is 5.52 Å². The van der Waals surface area contributed by atoms with Crippen molar-refractivity contribution in [3.63, 3.8) is 0 Å². The predicted molar refractivity (Wildman–Crippen MR) is 150 cm³/mol. The minimum Gasteiger partial charge on any atom is -0.458 e. The molecule has 0 N–H and O–H groups in total. The van der Waals surface area contributed by atoms with Gasteiger partial charge in [0.25, 0.3) is 5.91 Å². The molecule has 3 unspecified atom stereocenters. The van der Waals surface area contributed by atoms with Crippen molar-refractivity contribution in [3.05, 3.63) is 108 Å². The van der Waals surface area contributed by atoms with Crippen LogP contribution >= 0.6 is 0 Å². The van der Waals surface area contributed by atoms with Crippen LogP contribution in [-0.4, -0.2) is 53.2 Å². The number of fused-ring (bicyclic) bond motifs is 3. The number of hydrogen-bond acceptors (Lipinski definition) is 6. The van der Waals surface area contributed by atoms with Crippen molar-refractivity contribution in [3.8, 4) is 0 Å². The molecule has 7 nitrogen and oxygen atoms in total. The third kappa shape index (κ3) is 4.92. The Hall–Kier alpha value is -4.39. The molecule has 2 fully saturated rings. The molecule has 0 spiro atoms. The molecule has 4 aromatic rings. The smallest absolute Gasteiger partial charge is 0.253 e. The highest BCUT2D eigenvalue weighted by Gasteiger charge is 2.37. The molecule has 3 aliphatic heterocycles. The Kier molecular flexibility index (Phi) is 6.11. The second-order valence-corrected chi connectivity index (χ2v) is 10.7. The van der Waals surface area contributed by atoms with Gasteiger partial charge in [-0.05, 0) is 42.0 Å². The molecule has 7 heteroatoms. The van der Waals surface area contributed by atoms with Gasteiger partial charge < -0.3 is 19.3 Å². The Morgan fingerprint density at radius 2 is 1.62 bits per heavy atom. The van der Waals surface area contributed by atoms with Gasteiger partial charge in [0.2, 0.25) is 12.2 Å². The molecule has 7 rings (SSSR count). The zero-order chi connectivity index (χ0) is 26.2. The normalized spacial score (nSPS) is 22.3. The number of rotatable bonds is 5. The Bertz CT molecular complexity index is 1510. The zero-order valence-electron chi connectivity index (χ0n) is 21.6. The van der Waals surface area contributed by atoms with E-state index in [9.17, 15) is 4.79 Å². The average Bonchev–Trinajstić information content (AvgIpc) is 3.45. The molecular weight excluding hydrogens is 488 g/mol. The fourth-order valence-corrected chi connectivity index (χ4v) is 6.05. The number of carbonyl (C=O) groups is 1. The molecule has 0 saturated carbocycles. The van der Waals surface area contributed by atoms with Crippen LogP contribution in [0.25, 0.3) is 16.7 Å². The van der Waals surface area contributed by atoms with Crippen LogP contribution in [0.1, 0.15) is 27.9 Å². The van der Waals surface area contributed by atoms with Gasteiger partial charge in [-0.25, -0.2) is 9.97 Å². The summed E-state index contributed by atoms with van der Waals surface area (Å²) in [6.07, 6.45) is 5.06. The van der Waals surface area contributed by atoms with Gasteiger partial charge in [-0.15, -0.1) is 0 Å². The van der Waals surface area contributed by atoms with Crippen molar-refractivity contribution >= 4 is 28.5 Å². The first-order valence-electron chi connectivity index (χ1n) is 13.6. The highest BCUT2D eigenvalue weighted by molar-refractivity contribution is 5.94. The fourth-order valence-electron chi connectivity index (χ4n) is 6.05. The van der Waals surface area contributed by atoms with E-state index in [-0.39, 0.29) is 12.2 Å². The number of nitrogens with zero attached hydrogens (tertiary/aromatic N) is 4. The number of para-hydroxylation sites is 1. The maximum Gasteiger partial charge on any atom is 0.253 e. The summed E-state index contributed by atoms with van der Waals surface area (Å²) in [5.41, 5.74) is 3.74. The van der Waals surface area contributed by atoms with Crippen LogP contribution in [0.15, 0.2) is 91.3 Å². The first kappa shape index (κ1) is 23.7. The largest absolute Gasteiger partial charge is 0.458 e. The van der Waals surface area contributed by atoms with E-state index in [0.29, 0.717) is 29.6 Å². The molecule has 0 radical (unpaired) electrons. The van der Waals surface area contributed by atoms with Crippen LogP contribution < -0.4 is 4.90 Å². The molecule has 2 bridgehead atoms. The van der Waals surface area contributed by atoms with E-state index in [1.54, 1.807) is 6.26 Å². The molecule has 2 saturated heterocycles. The highest BCUT2D eigenvalue weighted by Crippen LogP contribution is 2.32. The summed E-state index contributed by atoms with van der Waals surface area (Å²) in [5, 5.41) is 1.05. The first-order chi connectivity index (χ1) is 19.2. The highest BCUT2D eigenvalue weighted by atomic mass is 16.7. The summed E-state index contributed by atoms with van der Waals surface area (Å²) in [5.74, 6) is 2.39. The molecular formula is C32H30N4O3. The van der Waals surface area contributed by atoms with E-state index in [2.05, 4.69) is 22.0 Å². The van der Waals surface area contributed by atoms with Crippen LogP contribution in [0.2, 0.25) is 0 Å². The third-order valence-electron chi connectivity index (χ3n) is 7.87. The lowest BCUT2D eigenvalue weighted by atomic mass is 9.84. The molecule has 196 valence electrons. The van der Waals surface area contributed by atoms with Crippen LogP contribution in [0.4, 0.5) is 5.95 Å². The van der Waals surface area contributed by atoms with Gasteiger partial charge in [-0.2, -0.15) is 0 Å². The lowest BCUT2D eigenvalue weighted by molar-refractivity contribution is -0.0136. The van der Waals surface area contributed by atoms with Crippen molar-refractivity contribution in [2.75, 3.05) is 31.1 Å². The number of benzene rings is 3. The second-order valence-electron chi connectivity index (χ2n) is 10.7. The molecule has 39 heavy (non-hydrogen) atoms. The molecule has 3 atom stereocenters. The minimum atomic E-state index is -0.337. The lowest BCUT2D eigenvalue weighted by Crippen LogP contribution is -2.54. The van der Waals surface area contributed by atoms with E-state index in [4.69, 9.17) is 14.5 Å². The Morgan fingerprint density at radius 3 is 2.41 bits per heavy atom. The Morgan fingerprint density at radius 1 is 0.872 bits per heavy atom. The molecule has 3 aliphatic rings. The van der Waals surface area contributed by atoms with E-state index >= 15 is 0 Å². The maximum absolute atomic E-state index is 13.4. The SMILES string of the molecule is O=C(c1ccc(C2=COC(Cc3ccccc3)O2)cc1)N1CC2CC(C1)CN(c1ncc3ccccc3n1)C2. The number of ether oxygens (including phenoxy) is 2. The van der Waals surface area contributed by atoms with Crippen LogP contribution in [-0.2, 0) is 15.9 Å². The van der Waals surface area contributed by atoms with E-state index in [1.165, 1.54) is 0 Å². The number of hydrogen-bond donors (Lipinski definition) is 0. The molecule has 1 aromatic heterocycles. The van der Waals surface area contributed by atoms with E-state index < -0.39 is 0 Å². The van der Waals surface area contributed by atoms with Gasteiger partial charge in [0.1, 0.15) is 6.26 Å². The van der Waals surface area contributed by atoms with E-state index in [1.807, 2.05) is 77.8 Å². The summed E-state index contributed by atoms with van der Waals surface area (Å²) in [4.78, 5) is 27.2. The molecule has 0 aliphatic carbocycles. The third-order valence-corrected chi connectivity index (χ3v) is 7.87. The van der Waals surface area contributed by atoms with Crippen molar-refractivity contribution in [1.82, 2.24) is 14.9 Å². The van der Waals surface area contributed by atoms with Crippen molar-refractivity contribution < 1.29 is 14.3 Å². The van der Waals surface area contributed by atoms with Crippen molar-refractivity contribution in [1.29, 1.82) is 0 Å². The summed E-state index contributed by atoms with van der Waals surface area (Å²) in [6, 6.07) is 25.9. The standard InChI is InChI=1S/C32H30N4O3/c37-31(26-12-10-25(11-13-26)29-21-38-30(39-29)15-22-6-2-1-3-7-22)35-17-23-14-24(18-35)20-36(19-23)32-33-16-27-8-4-5-9-28(27)34-32/h1-13,16,21,23-24,30H,14-15,17-20H2. The van der Waals surface area contributed by atoms with Gasteiger partial charge in [-0.1, -0.05) is 60.7 Å². The number of likely N-dealkylation sites (tertiary alicyclic amines) is 1. The quantitative estimate of drug-likeness (QED) is 0.364. The lowest BCUT2D eigenvalue weighted by Gasteiger charge is -2.45. The number of carbonyl (C=O) groups excluding carboxylic acids is 1. The number of aromatic nitrogens is 2. The summed E-state index contributed by atoms with van der Waals surface area (Å²) in [7, 11) is 0. The second kappa shape index (κ2) is 10.1. The van der Waals surface area contributed by atoms with Crippen molar-refractivity contribution in [2.24, 2.45) is 11.8 Å². The number of anilines is 1. The zero-order valence-corrected chi connectivity index (χ0v) is 21.6. The first-order valence-corrected chi connectivity index (χ1v) is 13.6.